The highest BCUT2D eigenvalue weighted by Crippen LogP contribution is 2.40. The number of aryl methyl sites for hydroxylation is 1. The zero-order valence-corrected chi connectivity index (χ0v) is 13.8. The first-order valence-electron chi connectivity index (χ1n) is 8.76. The highest BCUT2D eigenvalue weighted by atomic mass is 16.5. The molecule has 4 rings (SSSR count). The number of carboxylic acids is 1. The van der Waals surface area contributed by atoms with Gasteiger partial charge in [-0.2, -0.15) is 0 Å². The Morgan fingerprint density at radius 2 is 2.04 bits per heavy atom. The van der Waals surface area contributed by atoms with E-state index in [0.29, 0.717) is 11.5 Å². The van der Waals surface area contributed by atoms with Crippen molar-refractivity contribution < 1.29 is 14.6 Å². The summed E-state index contributed by atoms with van der Waals surface area (Å²) in [4.78, 5) is 18.4. The Kier molecular flexibility index (Phi) is 4.24. The van der Waals surface area contributed by atoms with E-state index in [0.717, 1.165) is 62.7 Å². The Morgan fingerprint density at radius 1 is 1.25 bits per heavy atom. The lowest BCUT2D eigenvalue weighted by Crippen LogP contribution is -2.37. The summed E-state index contributed by atoms with van der Waals surface area (Å²) in [5.41, 5.74) is 2.18. The summed E-state index contributed by atoms with van der Waals surface area (Å²) < 4.78 is 7.70. The van der Waals surface area contributed by atoms with Crippen LogP contribution in [0.15, 0.2) is 18.2 Å². The van der Waals surface area contributed by atoms with Crippen LogP contribution >= 0.6 is 0 Å². The third-order valence-corrected chi connectivity index (χ3v) is 4.93. The Bertz CT molecular complexity index is 745. The van der Waals surface area contributed by atoms with E-state index in [1.54, 1.807) is 12.1 Å². The highest BCUT2D eigenvalue weighted by molar-refractivity contribution is 5.92. The van der Waals surface area contributed by atoms with Crippen molar-refractivity contribution in [3.05, 3.63) is 29.6 Å². The minimum absolute atomic E-state index is 0.308. The average molecular weight is 329 g/mol. The number of aromatic nitrogens is 2. The maximum absolute atomic E-state index is 11.2. The number of carbonyl (C=O) groups is 1. The van der Waals surface area contributed by atoms with Crippen molar-refractivity contribution in [2.75, 3.05) is 32.8 Å². The van der Waals surface area contributed by atoms with Gasteiger partial charge in [0.15, 0.2) is 0 Å². The van der Waals surface area contributed by atoms with Gasteiger partial charge in [0.25, 0.3) is 0 Å². The van der Waals surface area contributed by atoms with Gasteiger partial charge in [-0.1, -0.05) is 0 Å². The zero-order chi connectivity index (χ0) is 16.5. The van der Waals surface area contributed by atoms with Crippen molar-refractivity contribution in [1.82, 2.24) is 14.5 Å². The highest BCUT2D eigenvalue weighted by Gasteiger charge is 2.29. The number of ether oxygens (including phenoxy) is 1. The molecule has 1 N–H and O–H groups in total. The quantitative estimate of drug-likeness (QED) is 0.881. The van der Waals surface area contributed by atoms with Gasteiger partial charge in [0, 0.05) is 32.1 Å². The molecule has 0 radical (unpaired) electrons. The summed E-state index contributed by atoms with van der Waals surface area (Å²) in [5.74, 6) is 0.787. The molecule has 1 aromatic heterocycles. The Hall–Kier alpha value is -1.92. The van der Waals surface area contributed by atoms with E-state index in [2.05, 4.69) is 9.47 Å². The van der Waals surface area contributed by atoms with Crippen molar-refractivity contribution >= 4 is 17.0 Å². The van der Waals surface area contributed by atoms with Gasteiger partial charge in [-0.25, -0.2) is 9.78 Å². The second-order valence-corrected chi connectivity index (χ2v) is 6.71. The topological polar surface area (TPSA) is 67.6 Å². The standard InChI is InChI=1S/C18H23N3O3/c22-18(23)14-4-5-16-15(12-14)19-17(13-2-3-13)21(16)7-1-6-20-8-10-24-11-9-20/h4-5,12-13H,1-3,6-11H2,(H,22,23). The molecule has 1 aliphatic heterocycles. The third kappa shape index (κ3) is 3.16. The van der Waals surface area contributed by atoms with E-state index in [1.807, 2.05) is 6.07 Å². The SMILES string of the molecule is O=C(O)c1ccc2c(c1)nc(C1CC1)n2CCCN1CCOCC1. The van der Waals surface area contributed by atoms with Gasteiger partial charge in [-0.15, -0.1) is 0 Å². The number of fused-ring (bicyclic) bond motifs is 1. The summed E-state index contributed by atoms with van der Waals surface area (Å²) >= 11 is 0. The number of hydrogen-bond acceptors (Lipinski definition) is 4. The van der Waals surface area contributed by atoms with Gasteiger partial charge in [0.05, 0.1) is 29.8 Å². The lowest BCUT2D eigenvalue weighted by Gasteiger charge is -2.26. The first kappa shape index (κ1) is 15.6. The van der Waals surface area contributed by atoms with Gasteiger partial charge in [-0.3, -0.25) is 4.90 Å². The normalized spacial score (nSPS) is 19.0. The molecule has 0 atom stereocenters. The van der Waals surface area contributed by atoms with Crippen LogP contribution in [0, 0.1) is 0 Å². The summed E-state index contributed by atoms with van der Waals surface area (Å²) in [5, 5.41) is 9.18. The maximum atomic E-state index is 11.2. The summed E-state index contributed by atoms with van der Waals surface area (Å²) in [7, 11) is 0. The Morgan fingerprint density at radius 3 is 2.75 bits per heavy atom. The number of nitrogens with zero attached hydrogens (tertiary/aromatic N) is 3. The average Bonchev–Trinajstić information content (AvgIpc) is 3.38. The molecule has 2 fully saturated rings. The van der Waals surface area contributed by atoms with E-state index < -0.39 is 5.97 Å². The molecule has 0 bridgehead atoms. The number of imidazole rings is 1. The molecule has 1 saturated carbocycles. The number of benzene rings is 1. The van der Waals surface area contributed by atoms with Crippen LogP contribution in [0.5, 0.6) is 0 Å². The van der Waals surface area contributed by atoms with Gasteiger partial charge in [0.2, 0.25) is 0 Å². The second kappa shape index (κ2) is 6.53. The zero-order valence-electron chi connectivity index (χ0n) is 13.8. The van der Waals surface area contributed by atoms with Crippen molar-refractivity contribution in [2.24, 2.45) is 0 Å². The molecule has 1 saturated heterocycles. The first-order valence-corrected chi connectivity index (χ1v) is 8.76. The molecule has 0 spiro atoms. The summed E-state index contributed by atoms with van der Waals surface area (Å²) in [6.07, 6.45) is 3.46. The molecular weight excluding hydrogens is 306 g/mol. The van der Waals surface area contributed by atoms with Crippen molar-refractivity contribution in [2.45, 2.75) is 31.7 Å². The maximum Gasteiger partial charge on any atom is 0.335 e. The minimum atomic E-state index is -0.897. The molecule has 1 aliphatic carbocycles. The summed E-state index contributed by atoms with van der Waals surface area (Å²) in [6.45, 7) is 5.70. The molecule has 0 amide bonds. The van der Waals surface area contributed by atoms with Crippen LogP contribution in [0.1, 0.15) is 41.4 Å². The molecule has 0 unspecified atom stereocenters. The van der Waals surface area contributed by atoms with Gasteiger partial charge >= 0.3 is 5.97 Å². The van der Waals surface area contributed by atoms with Crippen molar-refractivity contribution in [1.29, 1.82) is 0 Å². The predicted octanol–water partition coefficient (Wildman–Crippen LogP) is 2.33. The molecule has 2 aromatic rings. The predicted molar refractivity (Wildman–Crippen MR) is 90.5 cm³/mol. The number of morpholine rings is 1. The molecular formula is C18H23N3O3. The van der Waals surface area contributed by atoms with Crippen LogP contribution in [0.3, 0.4) is 0 Å². The lowest BCUT2D eigenvalue weighted by molar-refractivity contribution is 0.0369. The summed E-state index contributed by atoms with van der Waals surface area (Å²) in [6, 6.07) is 5.29. The fraction of sp³-hybridized carbons (Fsp3) is 0.556. The van der Waals surface area contributed by atoms with Crippen LogP contribution in [0.2, 0.25) is 0 Å². The number of rotatable bonds is 6. The molecule has 1 aromatic carbocycles. The van der Waals surface area contributed by atoms with Crippen LogP contribution in [0.25, 0.3) is 11.0 Å². The van der Waals surface area contributed by atoms with Crippen LogP contribution in [0.4, 0.5) is 0 Å². The lowest BCUT2D eigenvalue weighted by atomic mass is 10.2. The molecule has 2 heterocycles. The molecule has 128 valence electrons. The largest absolute Gasteiger partial charge is 0.478 e. The Labute approximate surface area is 141 Å². The van der Waals surface area contributed by atoms with E-state index in [9.17, 15) is 9.90 Å². The number of hydrogen-bond donors (Lipinski definition) is 1. The van der Waals surface area contributed by atoms with Crippen LogP contribution < -0.4 is 0 Å². The van der Waals surface area contributed by atoms with E-state index in [-0.39, 0.29) is 0 Å². The fourth-order valence-corrected chi connectivity index (χ4v) is 3.45. The van der Waals surface area contributed by atoms with E-state index in [1.165, 1.54) is 12.8 Å². The second-order valence-electron chi connectivity index (χ2n) is 6.71. The van der Waals surface area contributed by atoms with Crippen molar-refractivity contribution in [3.63, 3.8) is 0 Å². The number of aromatic carboxylic acids is 1. The monoisotopic (exact) mass is 329 g/mol. The third-order valence-electron chi connectivity index (χ3n) is 4.93. The smallest absolute Gasteiger partial charge is 0.335 e. The number of carboxylic acid groups (broad SMARTS) is 1. The fourth-order valence-electron chi connectivity index (χ4n) is 3.45. The van der Waals surface area contributed by atoms with E-state index >= 15 is 0 Å². The molecule has 24 heavy (non-hydrogen) atoms. The van der Waals surface area contributed by atoms with Crippen LogP contribution in [-0.4, -0.2) is 58.4 Å². The molecule has 6 heteroatoms. The van der Waals surface area contributed by atoms with Gasteiger partial charge in [-0.05, 0) is 37.5 Å². The Balaban J connectivity index is 1.53. The first-order chi connectivity index (χ1) is 11.7. The van der Waals surface area contributed by atoms with Gasteiger partial charge in [0.1, 0.15) is 5.82 Å². The molecule has 2 aliphatic rings. The molecule has 6 nitrogen and oxygen atoms in total. The van der Waals surface area contributed by atoms with Crippen molar-refractivity contribution in [3.8, 4) is 0 Å². The van der Waals surface area contributed by atoms with Gasteiger partial charge < -0.3 is 14.4 Å². The van der Waals surface area contributed by atoms with Crippen LogP contribution in [-0.2, 0) is 11.3 Å². The van der Waals surface area contributed by atoms with E-state index in [4.69, 9.17) is 9.72 Å². The minimum Gasteiger partial charge on any atom is -0.478 e.